The zero-order chi connectivity index (χ0) is 28.5. The Morgan fingerprint density at radius 2 is 1.39 bits per heavy atom. The Morgan fingerprint density at radius 1 is 0.780 bits per heavy atom. The van der Waals surface area contributed by atoms with Gasteiger partial charge in [-0.15, -0.1) is 0 Å². The first kappa shape index (κ1) is 26.1. The second-order valence-electron chi connectivity index (χ2n) is 9.30. The first-order chi connectivity index (χ1) is 19.8. The Labute approximate surface area is 235 Å². The minimum absolute atomic E-state index is 0.0247. The summed E-state index contributed by atoms with van der Waals surface area (Å²) in [6.45, 7) is 1.89. The normalized spacial score (nSPS) is 11.2. The first-order valence-electron chi connectivity index (χ1n) is 12.4. The van der Waals surface area contributed by atoms with Gasteiger partial charge in [0.1, 0.15) is 5.82 Å². The maximum atomic E-state index is 16.0. The van der Waals surface area contributed by atoms with Crippen molar-refractivity contribution in [1.82, 2.24) is 30.2 Å². The maximum Gasteiger partial charge on any atom is 0.247 e. The summed E-state index contributed by atoms with van der Waals surface area (Å²) in [7, 11) is 0. The van der Waals surface area contributed by atoms with Gasteiger partial charge in [-0.3, -0.25) is 9.59 Å². The molecule has 0 saturated carbocycles. The van der Waals surface area contributed by atoms with E-state index in [1.54, 1.807) is 24.3 Å². The summed E-state index contributed by atoms with van der Waals surface area (Å²) in [5.74, 6) is 0.649. The maximum absolute atomic E-state index is 16.0. The molecule has 0 radical (unpaired) electrons. The third-order valence-electron chi connectivity index (χ3n) is 6.48. The Hall–Kier alpha value is -5.16. The smallest absolute Gasteiger partial charge is 0.247 e. The SMILES string of the molecule is Cc1ccc(Cc2nc(-c3ccc(=O)[nH]c3)no2)cc1-c1ccc(Cl)c(Cc2nc(-c3ccc(=O)[nH]c3)no2)c1F. The molecule has 2 N–H and O–H groups in total. The van der Waals surface area contributed by atoms with Gasteiger partial charge in [0.15, 0.2) is 0 Å². The number of H-pyrrole nitrogens is 2. The van der Waals surface area contributed by atoms with Crippen LogP contribution in [-0.4, -0.2) is 30.2 Å². The molecule has 0 unspecified atom stereocenters. The summed E-state index contributed by atoms with van der Waals surface area (Å²) >= 11 is 6.40. The van der Waals surface area contributed by atoms with Crippen LogP contribution in [0, 0.1) is 12.7 Å². The third-order valence-corrected chi connectivity index (χ3v) is 6.84. The van der Waals surface area contributed by atoms with Gasteiger partial charge >= 0.3 is 0 Å². The zero-order valence-electron chi connectivity index (χ0n) is 21.4. The van der Waals surface area contributed by atoms with Gasteiger partial charge in [0, 0.05) is 51.8 Å². The molecule has 10 nitrogen and oxygen atoms in total. The Bertz CT molecular complexity index is 1970. The lowest BCUT2D eigenvalue weighted by Crippen LogP contribution is -2.01. The van der Waals surface area contributed by atoms with E-state index in [1.165, 1.54) is 24.5 Å². The molecule has 0 fully saturated rings. The van der Waals surface area contributed by atoms with Gasteiger partial charge < -0.3 is 19.0 Å². The number of aryl methyl sites for hydroxylation is 1. The number of hydrogen-bond acceptors (Lipinski definition) is 8. The van der Waals surface area contributed by atoms with E-state index in [0.29, 0.717) is 40.4 Å². The molecule has 12 heteroatoms. The number of rotatable bonds is 7. The van der Waals surface area contributed by atoms with Crippen molar-refractivity contribution in [3.05, 3.63) is 127 Å². The van der Waals surface area contributed by atoms with E-state index in [1.807, 2.05) is 25.1 Å². The Balaban J connectivity index is 1.27. The van der Waals surface area contributed by atoms with Gasteiger partial charge in [-0.2, -0.15) is 9.97 Å². The Morgan fingerprint density at radius 3 is 1.98 bits per heavy atom. The van der Waals surface area contributed by atoms with Gasteiger partial charge in [0.05, 0.1) is 12.8 Å². The average Bonchev–Trinajstić information content (AvgIpc) is 3.63. The van der Waals surface area contributed by atoms with Gasteiger partial charge in [0.25, 0.3) is 0 Å². The zero-order valence-corrected chi connectivity index (χ0v) is 22.2. The van der Waals surface area contributed by atoms with Crippen molar-refractivity contribution in [1.29, 1.82) is 0 Å². The molecule has 0 aliphatic rings. The molecule has 6 rings (SSSR count). The fourth-order valence-electron chi connectivity index (χ4n) is 4.35. The van der Waals surface area contributed by atoms with E-state index in [2.05, 4.69) is 30.2 Å². The lowest BCUT2D eigenvalue weighted by Gasteiger charge is -2.13. The van der Waals surface area contributed by atoms with E-state index in [0.717, 1.165) is 11.1 Å². The molecule has 0 amide bonds. The van der Waals surface area contributed by atoms with Crippen LogP contribution in [0.3, 0.4) is 0 Å². The summed E-state index contributed by atoms with van der Waals surface area (Å²) in [4.78, 5) is 36.5. The molecule has 0 atom stereocenters. The fourth-order valence-corrected chi connectivity index (χ4v) is 4.56. The lowest BCUT2D eigenvalue weighted by molar-refractivity contribution is 0.384. The number of pyridine rings is 2. The van der Waals surface area contributed by atoms with Crippen molar-refractivity contribution in [2.75, 3.05) is 0 Å². The van der Waals surface area contributed by atoms with Crippen LogP contribution in [0.2, 0.25) is 5.02 Å². The van der Waals surface area contributed by atoms with Gasteiger partial charge in [-0.05, 0) is 47.9 Å². The van der Waals surface area contributed by atoms with E-state index in [9.17, 15) is 9.59 Å². The van der Waals surface area contributed by atoms with Crippen molar-refractivity contribution in [2.24, 2.45) is 0 Å². The van der Waals surface area contributed by atoms with Crippen molar-refractivity contribution < 1.29 is 13.4 Å². The van der Waals surface area contributed by atoms with Gasteiger partial charge in [-0.1, -0.05) is 40.1 Å². The molecular weight excluding hydrogens is 551 g/mol. The Kier molecular flexibility index (Phi) is 6.86. The highest BCUT2D eigenvalue weighted by Gasteiger charge is 2.20. The van der Waals surface area contributed by atoms with Crippen molar-refractivity contribution in [2.45, 2.75) is 19.8 Å². The van der Waals surface area contributed by atoms with Crippen LogP contribution in [-0.2, 0) is 12.8 Å². The van der Waals surface area contributed by atoms with Crippen molar-refractivity contribution in [3.8, 4) is 33.9 Å². The second kappa shape index (κ2) is 10.8. The molecule has 41 heavy (non-hydrogen) atoms. The van der Waals surface area contributed by atoms with Crippen LogP contribution >= 0.6 is 11.6 Å². The van der Waals surface area contributed by atoms with E-state index >= 15 is 4.39 Å². The van der Waals surface area contributed by atoms with Crippen LogP contribution in [0.5, 0.6) is 0 Å². The highest BCUT2D eigenvalue weighted by molar-refractivity contribution is 6.31. The fraction of sp³-hybridized carbons (Fsp3) is 0.103. The molecule has 6 aromatic rings. The van der Waals surface area contributed by atoms with Crippen molar-refractivity contribution >= 4 is 11.6 Å². The van der Waals surface area contributed by atoms with Gasteiger partial charge in [-0.25, -0.2) is 4.39 Å². The highest BCUT2D eigenvalue weighted by atomic mass is 35.5. The van der Waals surface area contributed by atoms with Crippen LogP contribution in [0.25, 0.3) is 33.9 Å². The lowest BCUT2D eigenvalue weighted by atomic mass is 9.94. The van der Waals surface area contributed by atoms with Crippen LogP contribution < -0.4 is 11.1 Å². The number of nitrogens with one attached hydrogen (secondary N) is 2. The predicted molar refractivity (Wildman–Crippen MR) is 148 cm³/mol. The predicted octanol–water partition coefficient (Wildman–Crippen LogP) is 5.11. The summed E-state index contributed by atoms with van der Waals surface area (Å²) in [5.41, 5.74) is 3.64. The van der Waals surface area contributed by atoms with Crippen LogP contribution in [0.1, 0.15) is 28.5 Å². The number of hydrogen-bond donors (Lipinski definition) is 2. The molecule has 4 heterocycles. The number of nitrogens with zero attached hydrogens (tertiary/aromatic N) is 4. The molecular formula is C29H20ClFN6O4. The number of aromatic nitrogens is 6. The summed E-state index contributed by atoms with van der Waals surface area (Å²) in [6, 6.07) is 14.9. The summed E-state index contributed by atoms with van der Waals surface area (Å²) in [5, 5.41) is 8.15. The molecule has 204 valence electrons. The number of benzene rings is 2. The highest BCUT2D eigenvalue weighted by Crippen LogP contribution is 2.34. The quantitative estimate of drug-likeness (QED) is 0.269. The number of aromatic amines is 2. The molecule has 2 aromatic carbocycles. The molecule has 0 saturated heterocycles. The third kappa shape index (κ3) is 5.48. The molecule has 0 spiro atoms. The molecule has 4 aromatic heterocycles. The monoisotopic (exact) mass is 570 g/mol. The molecule has 0 aliphatic heterocycles. The van der Waals surface area contributed by atoms with E-state index in [-0.39, 0.29) is 39.8 Å². The molecule has 0 bridgehead atoms. The molecule has 0 aliphatic carbocycles. The van der Waals surface area contributed by atoms with E-state index < -0.39 is 5.82 Å². The standard InChI is InChI=1S/C29H20ClFN6O4/c1-15-2-3-16(11-25-34-28(36-40-25)17-4-8-23(38)32-13-17)10-20(15)19-6-7-22(30)21(27(19)31)12-26-35-29(37-41-26)18-5-9-24(39)33-14-18/h2-10,13-14H,11-12H2,1H3,(H,32,38)(H,33,39). The first-order valence-corrected chi connectivity index (χ1v) is 12.8. The average molecular weight is 571 g/mol. The van der Waals surface area contributed by atoms with Crippen molar-refractivity contribution in [3.63, 3.8) is 0 Å². The van der Waals surface area contributed by atoms with Crippen LogP contribution in [0.4, 0.5) is 4.39 Å². The van der Waals surface area contributed by atoms with Crippen LogP contribution in [0.15, 0.2) is 85.6 Å². The number of halogens is 2. The minimum atomic E-state index is -0.500. The largest absolute Gasteiger partial charge is 0.339 e. The summed E-state index contributed by atoms with van der Waals surface area (Å²) < 4.78 is 26.7. The summed E-state index contributed by atoms with van der Waals surface area (Å²) in [6.07, 6.45) is 3.28. The topological polar surface area (TPSA) is 144 Å². The second-order valence-corrected chi connectivity index (χ2v) is 9.70. The van der Waals surface area contributed by atoms with E-state index in [4.69, 9.17) is 20.6 Å². The minimum Gasteiger partial charge on any atom is -0.339 e. The van der Waals surface area contributed by atoms with Gasteiger partial charge in [0.2, 0.25) is 34.5 Å².